The Morgan fingerprint density at radius 2 is 2.00 bits per heavy atom. The van der Waals surface area contributed by atoms with Crippen molar-refractivity contribution < 1.29 is 23.4 Å². The lowest BCUT2D eigenvalue weighted by molar-refractivity contribution is -0.173. The molecule has 0 bridgehead atoms. The summed E-state index contributed by atoms with van der Waals surface area (Å²) in [5, 5.41) is 9.15. The van der Waals surface area contributed by atoms with Gasteiger partial charge >= 0.3 is 11.9 Å². The highest BCUT2D eigenvalue weighted by molar-refractivity contribution is 5.76. The number of carbonyl (C=O) groups is 1. The monoisotopic (exact) mass is 222 g/mol. The molecule has 88 valence electrons. The molecule has 0 aromatic carbocycles. The first-order valence-corrected chi connectivity index (χ1v) is 5.06. The Hall–Kier alpha value is -0.710. The molecule has 0 amide bonds. The van der Waals surface area contributed by atoms with Crippen LogP contribution in [0, 0.1) is 5.41 Å². The largest absolute Gasteiger partial charge is 0.461 e. The summed E-state index contributed by atoms with van der Waals surface area (Å²) in [6, 6.07) is 0. The molecular formula is C10H16F2O3. The van der Waals surface area contributed by atoms with Crippen LogP contribution in [0.5, 0.6) is 0 Å². The van der Waals surface area contributed by atoms with Crippen LogP contribution in [0.4, 0.5) is 8.78 Å². The number of rotatable bonds is 4. The second-order valence-corrected chi connectivity index (χ2v) is 4.33. The maximum absolute atomic E-state index is 12.5. The Labute approximate surface area is 87.4 Å². The SMILES string of the molecule is CC(F)(F)C(=O)OCC1(CO)CCCC1. The summed E-state index contributed by atoms with van der Waals surface area (Å²) in [6.07, 6.45) is 3.35. The van der Waals surface area contributed by atoms with Crippen molar-refractivity contribution in [2.45, 2.75) is 38.5 Å². The molecule has 0 aromatic rings. The zero-order chi connectivity index (χ0) is 11.5. The Kier molecular flexibility index (Phi) is 3.65. The van der Waals surface area contributed by atoms with E-state index in [0.717, 1.165) is 25.7 Å². The maximum Gasteiger partial charge on any atom is 0.376 e. The minimum absolute atomic E-state index is 0.105. The quantitative estimate of drug-likeness (QED) is 0.737. The number of esters is 1. The van der Waals surface area contributed by atoms with Gasteiger partial charge in [-0.2, -0.15) is 8.78 Å². The van der Waals surface area contributed by atoms with Crippen molar-refractivity contribution in [3.63, 3.8) is 0 Å². The van der Waals surface area contributed by atoms with Crippen molar-refractivity contribution in [2.75, 3.05) is 13.2 Å². The van der Waals surface area contributed by atoms with Gasteiger partial charge in [-0.05, 0) is 12.8 Å². The molecule has 1 rings (SSSR count). The molecule has 1 saturated carbocycles. The summed E-state index contributed by atoms with van der Waals surface area (Å²) >= 11 is 0. The van der Waals surface area contributed by atoms with Gasteiger partial charge in [-0.3, -0.25) is 0 Å². The molecule has 1 aliphatic carbocycles. The van der Waals surface area contributed by atoms with E-state index in [1.165, 1.54) is 0 Å². The zero-order valence-corrected chi connectivity index (χ0v) is 8.76. The number of ether oxygens (including phenoxy) is 1. The summed E-state index contributed by atoms with van der Waals surface area (Å²) in [5.41, 5.74) is -0.485. The highest BCUT2D eigenvalue weighted by Gasteiger charge is 2.39. The molecule has 0 unspecified atom stereocenters. The van der Waals surface area contributed by atoms with Gasteiger partial charge in [0.1, 0.15) is 0 Å². The predicted molar refractivity (Wildman–Crippen MR) is 49.6 cm³/mol. The number of carbonyl (C=O) groups excluding carboxylic acids is 1. The summed E-state index contributed by atoms with van der Waals surface area (Å²) < 4.78 is 29.5. The van der Waals surface area contributed by atoms with Crippen molar-refractivity contribution in [3.8, 4) is 0 Å². The van der Waals surface area contributed by atoms with E-state index < -0.39 is 17.3 Å². The van der Waals surface area contributed by atoms with Gasteiger partial charge in [0.2, 0.25) is 0 Å². The van der Waals surface area contributed by atoms with E-state index in [2.05, 4.69) is 4.74 Å². The third-order valence-corrected chi connectivity index (χ3v) is 2.87. The normalized spacial score (nSPS) is 20.3. The smallest absolute Gasteiger partial charge is 0.376 e. The number of hydrogen-bond acceptors (Lipinski definition) is 3. The van der Waals surface area contributed by atoms with Crippen LogP contribution in [0.25, 0.3) is 0 Å². The fourth-order valence-corrected chi connectivity index (χ4v) is 1.82. The highest BCUT2D eigenvalue weighted by Crippen LogP contribution is 2.38. The van der Waals surface area contributed by atoms with Crippen LogP contribution in [0.2, 0.25) is 0 Å². The van der Waals surface area contributed by atoms with Crippen LogP contribution in [-0.2, 0) is 9.53 Å². The van der Waals surface area contributed by atoms with E-state index in [4.69, 9.17) is 5.11 Å². The lowest BCUT2D eigenvalue weighted by atomic mass is 9.88. The third kappa shape index (κ3) is 3.12. The van der Waals surface area contributed by atoms with Crippen molar-refractivity contribution in [1.29, 1.82) is 0 Å². The molecule has 0 saturated heterocycles. The lowest BCUT2D eigenvalue weighted by Crippen LogP contribution is -2.34. The van der Waals surface area contributed by atoms with Gasteiger partial charge < -0.3 is 9.84 Å². The lowest BCUT2D eigenvalue weighted by Gasteiger charge is -2.26. The summed E-state index contributed by atoms with van der Waals surface area (Å²) in [6.45, 7) is 0.289. The van der Waals surface area contributed by atoms with E-state index in [1.54, 1.807) is 0 Å². The van der Waals surface area contributed by atoms with Gasteiger partial charge in [-0.15, -0.1) is 0 Å². The second-order valence-electron chi connectivity index (χ2n) is 4.33. The van der Waals surface area contributed by atoms with Gasteiger partial charge in [0, 0.05) is 12.3 Å². The van der Waals surface area contributed by atoms with Crippen LogP contribution in [-0.4, -0.2) is 30.2 Å². The molecule has 0 radical (unpaired) electrons. The second kappa shape index (κ2) is 4.43. The molecule has 3 nitrogen and oxygen atoms in total. The fraction of sp³-hybridized carbons (Fsp3) is 0.900. The third-order valence-electron chi connectivity index (χ3n) is 2.87. The zero-order valence-electron chi connectivity index (χ0n) is 8.76. The topological polar surface area (TPSA) is 46.5 Å². The van der Waals surface area contributed by atoms with Crippen LogP contribution in [0.1, 0.15) is 32.6 Å². The molecule has 0 aliphatic heterocycles. The fourth-order valence-electron chi connectivity index (χ4n) is 1.82. The standard InChI is InChI=1S/C10H16F2O3/c1-9(11,12)8(14)15-7-10(6-13)4-2-3-5-10/h13H,2-7H2,1H3. The first-order chi connectivity index (χ1) is 6.90. The Bertz CT molecular complexity index is 229. The number of aliphatic hydroxyl groups excluding tert-OH is 1. The molecule has 0 atom stereocenters. The van der Waals surface area contributed by atoms with Crippen LogP contribution < -0.4 is 0 Å². The van der Waals surface area contributed by atoms with Crippen molar-refractivity contribution in [2.24, 2.45) is 5.41 Å². The summed E-state index contributed by atoms with van der Waals surface area (Å²) in [7, 11) is 0. The van der Waals surface area contributed by atoms with Gasteiger partial charge in [-0.1, -0.05) is 12.8 Å². The minimum Gasteiger partial charge on any atom is -0.461 e. The number of alkyl halides is 2. The predicted octanol–water partition coefficient (Wildman–Crippen LogP) is 1.74. The van der Waals surface area contributed by atoms with Crippen LogP contribution in [0.15, 0.2) is 0 Å². The average molecular weight is 222 g/mol. The molecule has 15 heavy (non-hydrogen) atoms. The molecule has 1 fully saturated rings. The maximum atomic E-state index is 12.5. The molecule has 0 heterocycles. The minimum atomic E-state index is -3.45. The van der Waals surface area contributed by atoms with E-state index in [-0.39, 0.29) is 13.2 Å². The molecular weight excluding hydrogens is 206 g/mol. The van der Waals surface area contributed by atoms with Crippen LogP contribution in [0.3, 0.4) is 0 Å². The van der Waals surface area contributed by atoms with Gasteiger partial charge in [-0.25, -0.2) is 4.79 Å². The van der Waals surface area contributed by atoms with Gasteiger partial charge in [0.25, 0.3) is 0 Å². The highest BCUT2D eigenvalue weighted by atomic mass is 19.3. The van der Waals surface area contributed by atoms with Crippen molar-refractivity contribution >= 4 is 5.97 Å². The van der Waals surface area contributed by atoms with E-state index in [0.29, 0.717) is 6.92 Å². The van der Waals surface area contributed by atoms with E-state index in [9.17, 15) is 13.6 Å². The van der Waals surface area contributed by atoms with E-state index in [1.807, 2.05) is 0 Å². The molecule has 1 aliphatic rings. The number of halogens is 2. The molecule has 1 N–H and O–H groups in total. The van der Waals surface area contributed by atoms with Crippen LogP contribution >= 0.6 is 0 Å². The van der Waals surface area contributed by atoms with Crippen molar-refractivity contribution in [3.05, 3.63) is 0 Å². The molecule has 0 spiro atoms. The Morgan fingerprint density at radius 1 is 1.47 bits per heavy atom. The summed E-state index contributed by atoms with van der Waals surface area (Å²) in [4.78, 5) is 10.8. The molecule has 5 heteroatoms. The van der Waals surface area contributed by atoms with Gasteiger partial charge in [0.15, 0.2) is 0 Å². The number of aliphatic hydroxyl groups is 1. The number of hydrogen-bond donors (Lipinski definition) is 1. The average Bonchev–Trinajstić information content (AvgIpc) is 2.62. The van der Waals surface area contributed by atoms with Gasteiger partial charge in [0.05, 0.1) is 13.2 Å². The van der Waals surface area contributed by atoms with E-state index >= 15 is 0 Å². The Balaban J connectivity index is 2.45. The first kappa shape index (κ1) is 12.4. The first-order valence-electron chi connectivity index (χ1n) is 5.06. The molecule has 0 aromatic heterocycles. The Morgan fingerprint density at radius 3 is 2.40 bits per heavy atom. The van der Waals surface area contributed by atoms with Crippen molar-refractivity contribution in [1.82, 2.24) is 0 Å². The summed E-state index contributed by atoms with van der Waals surface area (Å²) in [5.74, 6) is -4.96.